The molecule has 25 heavy (non-hydrogen) atoms. The Morgan fingerprint density at radius 1 is 0.720 bits per heavy atom. The van der Waals surface area contributed by atoms with Crippen molar-refractivity contribution in [3.8, 4) is 11.5 Å². The van der Waals surface area contributed by atoms with Gasteiger partial charge in [-0.3, -0.25) is 4.79 Å². The number of halogens is 1. The molecule has 3 aromatic rings. The molecule has 0 N–H and O–H groups in total. The Kier molecular flexibility index (Phi) is 5.70. The normalized spacial score (nSPS) is 10.3. The van der Waals surface area contributed by atoms with Crippen molar-refractivity contribution in [2.45, 2.75) is 13.2 Å². The van der Waals surface area contributed by atoms with E-state index in [4.69, 9.17) is 21.1 Å². The van der Waals surface area contributed by atoms with Crippen LogP contribution >= 0.6 is 11.6 Å². The van der Waals surface area contributed by atoms with Crippen molar-refractivity contribution in [3.63, 3.8) is 0 Å². The first-order valence-corrected chi connectivity index (χ1v) is 8.28. The summed E-state index contributed by atoms with van der Waals surface area (Å²) < 4.78 is 11.7. The van der Waals surface area contributed by atoms with Crippen molar-refractivity contribution in [3.05, 3.63) is 95.6 Å². The van der Waals surface area contributed by atoms with Crippen molar-refractivity contribution < 1.29 is 14.3 Å². The molecule has 0 fully saturated rings. The van der Waals surface area contributed by atoms with Crippen LogP contribution in [0.15, 0.2) is 78.9 Å². The van der Waals surface area contributed by atoms with Crippen molar-refractivity contribution in [1.82, 2.24) is 0 Å². The molecular weight excluding hydrogens is 336 g/mol. The molecule has 3 nitrogen and oxygen atoms in total. The SMILES string of the molecule is O=C(Cl)c1cccc(OCc2ccccc2)c1OCc1ccccc1. The fourth-order valence-corrected chi connectivity index (χ4v) is 2.55. The van der Waals surface area contributed by atoms with Gasteiger partial charge >= 0.3 is 0 Å². The second-order valence-electron chi connectivity index (χ2n) is 5.46. The van der Waals surface area contributed by atoms with Crippen LogP contribution in [0.4, 0.5) is 0 Å². The maximum absolute atomic E-state index is 11.7. The van der Waals surface area contributed by atoms with Gasteiger partial charge < -0.3 is 9.47 Å². The van der Waals surface area contributed by atoms with Crippen LogP contribution in [0.1, 0.15) is 21.5 Å². The Labute approximate surface area is 151 Å². The van der Waals surface area contributed by atoms with E-state index in [1.807, 2.05) is 60.7 Å². The van der Waals surface area contributed by atoms with E-state index in [0.717, 1.165) is 11.1 Å². The van der Waals surface area contributed by atoms with Crippen LogP contribution in [0.5, 0.6) is 11.5 Å². The second kappa shape index (κ2) is 8.36. The summed E-state index contributed by atoms with van der Waals surface area (Å²) in [6.45, 7) is 0.701. The Morgan fingerprint density at radius 2 is 1.28 bits per heavy atom. The molecule has 0 aliphatic heterocycles. The van der Waals surface area contributed by atoms with Gasteiger partial charge in [0.2, 0.25) is 0 Å². The van der Waals surface area contributed by atoms with E-state index in [2.05, 4.69) is 0 Å². The third kappa shape index (κ3) is 4.61. The minimum Gasteiger partial charge on any atom is -0.485 e. The first kappa shape index (κ1) is 17.1. The number of benzene rings is 3. The van der Waals surface area contributed by atoms with Crippen molar-refractivity contribution in [2.75, 3.05) is 0 Å². The first-order valence-electron chi connectivity index (χ1n) is 7.90. The van der Waals surface area contributed by atoms with Crippen LogP contribution in [0.2, 0.25) is 0 Å². The standard InChI is InChI=1S/C21H17ClO3/c22-21(23)18-12-7-13-19(24-14-16-8-3-1-4-9-16)20(18)25-15-17-10-5-2-6-11-17/h1-13H,14-15H2. The largest absolute Gasteiger partial charge is 0.485 e. The highest BCUT2D eigenvalue weighted by Gasteiger charge is 2.16. The zero-order valence-electron chi connectivity index (χ0n) is 13.5. The molecule has 0 bridgehead atoms. The van der Waals surface area contributed by atoms with Gasteiger partial charge in [0.15, 0.2) is 11.5 Å². The number of carbonyl (C=O) groups is 1. The van der Waals surface area contributed by atoms with E-state index in [1.165, 1.54) is 0 Å². The summed E-state index contributed by atoms with van der Waals surface area (Å²) in [7, 11) is 0. The lowest BCUT2D eigenvalue weighted by Crippen LogP contribution is -2.04. The van der Waals surface area contributed by atoms with Gasteiger partial charge in [0.05, 0.1) is 5.56 Å². The Bertz CT molecular complexity index is 832. The molecule has 3 rings (SSSR count). The molecule has 0 aromatic heterocycles. The summed E-state index contributed by atoms with van der Waals surface area (Å²) >= 11 is 5.70. The van der Waals surface area contributed by atoms with Gasteiger partial charge in [-0.15, -0.1) is 0 Å². The van der Waals surface area contributed by atoms with E-state index in [1.54, 1.807) is 18.2 Å². The van der Waals surface area contributed by atoms with Crippen LogP contribution in [0.3, 0.4) is 0 Å². The Hall–Kier alpha value is -2.78. The Morgan fingerprint density at radius 3 is 1.84 bits per heavy atom. The lowest BCUT2D eigenvalue weighted by molar-refractivity contribution is 0.107. The number of ether oxygens (including phenoxy) is 2. The molecule has 0 unspecified atom stereocenters. The summed E-state index contributed by atoms with van der Waals surface area (Å²) in [5, 5.41) is -0.576. The molecule has 3 aromatic carbocycles. The molecule has 4 heteroatoms. The fraction of sp³-hybridized carbons (Fsp3) is 0.0952. The Balaban J connectivity index is 1.81. The van der Waals surface area contributed by atoms with Gasteiger partial charge in [0, 0.05) is 0 Å². The predicted octanol–water partition coefficient (Wildman–Crippen LogP) is 5.22. The molecular formula is C21H17ClO3. The highest BCUT2D eigenvalue weighted by Crippen LogP contribution is 2.33. The minimum atomic E-state index is -0.576. The highest BCUT2D eigenvalue weighted by atomic mass is 35.5. The molecule has 0 aliphatic rings. The van der Waals surface area contributed by atoms with Crippen LogP contribution in [-0.4, -0.2) is 5.24 Å². The van der Waals surface area contributed by atoms with Gasteiger partial charge in [0.25, 0.3) is 5.24 Å². The summed E-state index contributed by atoms with van der Waals surface area (Å²) in [5.41, 5.74) is 2.32. The molecule has 0 saturated carbocycles. The van der Waals surface area contributed by atoms with Crippen LogP contribution < -0.4 is 9.47 Å². The van der Waals surface area contributed by atoms with Crippen molar-refractivity contribution >= 4 is 16.8 Å². The summed E-state index contributed by atoms with van der Waals surface area (Å²) in [5.74, 6) is 0.855. The fourth-order valence-electron chi connectivity index (χ4n) is 2.40. The molecule has 0 amide bonds. The third-order valence-corrected chi connectivity index (χ3v) is 3.86. The second-order valence-corrected chi connectivity index (χ2v) is 5.80. The number of hydrogen-bond acceptors (Lipinski definition) is 3. The first-order chi connectivity index (χ1) is 12.2. The maximum Gasteiger partial charge on any atom is 0.256 e. The third-order valence-electron chi connectivity index (χ3n) is 3.65. The zero-order chi connectivity index (χ0) is 17.5. The quantitative estimate of drug-likeness (QED) is 0.546. The number of para-hydroxylation sites is 1. The molecule has 0 saturated heterocycles. The summed E-state index contributed by atoms with van der Waals surface area (Å²) in [6, 6.07) is 24.6. The van der Waals surface area contributed by atoms with Gasteiger partial charge in [-0.2, -0.15) is 0 Å². The van der Waals surface area contributed by atoms with Gasteiger partial charge in [-0.25, -0.2) is 0 Å². The van der Waals surface area contributed by atoms with Crippen LogP contribution in [0.25, 0.3) is 0 Å². The topological polar surface area (TPSA) is 35.5 Å². The lowest BCUT2D eigenvalue weighted by atomic mass is 10.2. The summed E-state index contributed by atoms with van der Waals surface area (Å²) in [4.78, 5) is 11.7. The molecule has 0 spiro atoms. The van der Waals surface area contributed by atoms with Crippen LogP contribution in [0, 0.1) is 0 Å². The summed E-state index contributed by atoms with van der Waals surface area (Å²) in [6.07, 6.45) is 0. The zero-order valence-corrected chi connectivity index (χ0v) is 14.3. The monoisotopic (exact) mass is 352 g/mol. The molecule has 0 aliphatic carbocycles. The molecule has 0 radical (unpaired) electrons. The minimum absolute atomic E-state index is 0.295. The maximum atomic E-state index is 11.7. The number of rotatable bonds is 7. The van der Waals surface area contributed by atoms with Gasteiger partial charge in [-0.1, -0.05) is 66.7 Å². The van der Waals surface area contributed by atoms with Gasteiger partial charge in [0.1, 0.15) is 13.2 Å². The van der Waals surface area contributed by atoms with Gasteiger partial charge in [-0.05, 0) is 34.9 Å². The van der Waals surface area contributed by atoms with Crippen molar-refractivity contribution in [1.29, 1.82) is 0 Å². The number of carbonyl (C=O) groups excluding carboxylic acids is 1. The van der Waals surface area contributed by atoms with E-state index in [0.29, 0.717) is 30.3 Å². The molecule has 0 atom stereocenters. The predicted molar refractivity (Wildman–Crippen MR) is 98.2 cm³/mol. The van der Waals surface area contributed by atoms with E-state index >= 15 is 0 Å². The molecule has 0 heterocycles. The average Bonchev–Trinajstić information content (AvgIpc) is 2.66. The van der Waals surface area contributed by atoms with E-state index in [9.17, 15) is 4.79 Å². The van der Waals surface area contributed by atoms with E-state index in [-0.39, 0.29) is 0 Å². The smallest absolute Gasteiger partial charge is 0.256 e. The number of hydrogen-bond donors (Lipinski definition) is 0. The lowest BCUT2D eigenvalue weighted by Gasteiger charge is -2.15. The highest BCUT2D eigenvalue weighted by molar-refractivity contribution is 6.68. The molecule has 126 valence electrons. The van der Waals surface area contributed by atoms with Crippen molar-refractivity contribution in [2.24, 2.45) is 0 Å². The average molecular weight is 353 g/mol. The van der Waals surface area contributed by atoms with E-state index < -0.39 is 5.24 Å². The van der Waals surface area contributed by atoms with Crippen LogP contribution in [-0.2, 0) is 13.2 Å².